The monoisotopic (exact) mass is 323 g/mol. The highest BCUT2D eigenvalue weighted by molar-refractivity contribution is 9.10. The van der Waals surface area contributed by atoms with Crippen LogP contribution in [0.25, 0.3) is 0 Å². The first-order valence-electron chi connectivity index (χ1n) is 6.02. The molecule has 0 fully saturated rings. The zero-order valence-electron chi connectivity index (χ0n) is 10.5. The number of nitrogens with two attached hydrogens (primary N) is 1. The van der Waals surface area contributed by atoms with E-state index < -0.39 is 0 Å². The highest BCUT2D eigenvalue weighted by Crippen LogP contribution is 2.28. The van der Waals surface area contributed by atoms with Crippen LogP contribution in [-0.2, 0) is 0 Å². The summed E-state index contributed by atoms with van der Waals surface area (Å²) in [5.74, 6) is 0.201. The number of nitrogen functional groups attached to an aromatic ring is 1. The Morgan fingerprint density at radius 2 is 2.21 bits per heavy atom. The average Bonchev–Trinajstić information content (AvgIpc) is 2.40. The van der Waals surface area contributed by atoms with Gasteiger partial charge in [0, 0.05) is 11.8 Å². The second-order valence-electron chi connectivity index (χ2n) is 4.14. The Labute approximate surface area is 120 Å². The van der Waals surface area contributed by atoms with Crippen molar-refractivity contribution in [1.29, 1.82) is 0 Å². The third kappa shape index (κ3) is 3.11. The second-order valence-corrected chi connectivity index (χ2v) is 5.00. The summed E-state index contributed by atoms with van der Waals surface area (Å²) in [6.45, 7) is 2.78. The van der Waals surface area contributed by atoms with Crippen molar-refractivity contribution < 1.29 is 4.39 Å². The fourth-order valence-corrected chi connectivity index (χ4v) is 2.37. The normalized spacial score (nSPS) is 12.4. The van der Waals surface area contributed by atoms with Crippen molar-refractivity contribution in [1.82, 2.24) is 10.3 Å². The molecule has 1 aromatic carbocycles. The summed E-state index contributed by atoms with van der Waals surface area (Å²) < 4.78 is 13.8. The Hall–Kier alpha value is -1.46. The molecular formula is C14H15BrFN3. The van der Waals surface area contributed by atoms with Gasteiger partial charge in [0.2, 0.25) is 0 Å². The van der Waals surface area contributed by atoms with Crippen molar-refractivity contribution in [2.45, 2.75) is 13.0 Å². The van der Waals surface area contributed by atoms with Gasteiger partial charge >= 0.3 is 0 Å². The topological polar surface area (TPSA) is 50.9 Å². The van der Waals surface area contributed by atoms with E-state index in [1.807, 2.05) is 19.1 Å². The second kappa shape index (κ2) is 6.12. The van der Waals surface area contributed by atoms with E-state index in [4.69, 9.17) is 5.73 Å². The lowest BCUT2D eigenvalue weighted by Gasteiger charge is -2.20. The molecule has 5 heteroatoms. The fraction of sp³-hybridized carbons (Fsp3) is 0.214. The summed E-state index contributed by atoms with van der Waals surface area (Å²) in [6, 6.07) is 8.61. The number of pyridine rings is 1. The van der Waals surface area contributed by atoms with Crippen molar-refractivity contribution >= 4 is 21.7 Å². The van der Waals surface area contributed by atoms with Gasteiger partial charge in [-0.2, -0.15) is 0 Å². The fourth-order valence-electron chi connectivity index (χ4n) is 1.98. The Kier molecular flexibility index (Phi) is 4.50. The van der Waals surface area contributed by atoms with Gasteiger partial charge in [0.1, 0.15) is 11.6 Å². The first-order chi connectivity index (χ1) is 9.13. The quantitative estimate of drug-likeness (QED) is 0.908. The van der Waals surface area contributed by atoms with Gasteiger partial charge in [-0.05, 0) is 46.2 Å². The number of hydrogen-bond acceptors (Lipinski definition) is 3. The molecule has 0 radical (unpaired) electrons. The maximum absolute atomic E-state index is 13.3. The number of anilines is 1. The van der Waals surface area contributed by atoms with Crippen molar-refractivity contribution in [3.8, 4) is 0 Å². The predicted octanol–water partition coefficient (Wildman–Crippen LogP) is 3.26. The molecule has 1 heterocycles. The van der Waals surface area contributed by atoms with Crippen molar-refractivity contribution in [3.63, 3.8) is 0 Å². The van der Waals surface area contributed by atoms with Crippen LogP contribution in [0.15, 0.2) is 41.0 Å². The van der Waals surface area contributed by atoms with E-state index in [9.17, 15) is 4.39 Å². The third-order valence-electron chi connectivity index (χ3n) is 2.87. The minimum absolute atomic E-state index is 0.101. The number of rotatable bonds is 4. The van der Waals surface area contributed by atoms with Crippen LogP contribution in [0, 0.1) is 5.82 Å². The van der Waals surface area contributed by atoms with E-state index in [0.29, 0.717) is 10.3 Å². The summed E-state index contributed by atoms with van der Waals surface area (Å²) in [7, 11) is 0. The van der Waals surface area contributed by atoms with Gasteiger partial charge in [-0.25, -0.2) is 9.37 Å². The van der Waals surface area contributed by atoms with Crippen LogP contribution in [0.4, 0.5) is 10.2 Å². The van der Waals surface area contributed by atoms with E-state index >= 15 is 0 Å². The number of halogens is 2. The lowest BCUT2D eigenvalue weighted by molar-refractivity contribution is 0.608. The van der Waals surface area contributed by atoms with Gasteiger partial charge in [-0.15, -0.1) is 0 Å². The largest absolute Gasteiger partial charge is 0.383 e. The number of nitrogens with zero attached hydrogens (tertiary/aromatic N) is 1. The van der Waals surface area contributed by atoms with E-state index in [2.05, 4.69) is 26.2 Å². The summed E-state index contributed by atoms with van der Waals surface area (Å²) in [5.41, 5.74) is 7.75. The molecule has 19 heavy (non-hydrogen) atoms. The Balaban J connectivity index is 2.45. The van der Waals surface area contributed by atoms with Crippen LogP contribution in [0.2, 0.25) is 0 Å². The maximum Gasteiger partial charge on any atom is 0.137 e. The summed E-state index contributed by atoms with van der Waals surface area (Å²) >= 11 is 3.21. The van der Waals surface area contributed by atoms with Gasteiger partial charge in [-0.1, -0.05) is 19.1 Å². The van der Waals surface area contributed by atoms with Crippen LogP contribution >= 0.6 is 15.9 Å². The number of hydrogen-bond donors (Lipinski definition) is 2. The van der Waals surface area contributed by atoms with Gasteiger partial charge < -0.3 is 11.1 Å². The smallest absolute Gasteiger partial charge is 0.137 e. The molecule has 1 unspecified atom stereocenters. The molecule has 3 N–H and O–H groups in total. The molecule has 3 nitrogen and oxygen atoms in total. The van der Waals surface area contributed by atoms with Crippen LogP contribution in [0.3, 0.4) is 0 Å². The molecule has 0 aliphatic carbocycles. The standard InChI is InChI=1S/C14H15BrFN3/c1-2-18-13(10-4-3-7-19-14(10)17)9-5-6-12(16)11(15)8-9/h3-8,13,18H,2H2,1H3,(H2,17,19). The molecule has 0 spiro atoms. The minimum atomic E-state index is -0.279. The maximum atomic E-state index is 13.3. The van der Waals surface area contributed by atoms with Gasteiger partial charge in [0.05, 0.1) is 10.5 Å². The number of aromatic nitrogens is 1. The van der Waals surface area contributed by atoms with E-state index in [-0.39, 0.29) is 11.9 Å². The molecule has 0 amide bonds. The third-order valence-corrected chi connectivity index (χ3v) is 3.48. The van der Waals surface area contributed by atoms with E-state index in [0.717, 1.165) is 17.7 Å². The Morgan fingerprint density at radius 3 is 2.84 bits per heavy atom. The molecular weight excluding hydrogens is 309 g/mol. The van der Waals surface area contributed by atoms with E-state index in [1.165, 1.54) is 6.07 Å². The average molecular weight is 324 g/mol. The number of benzene rings is 1. The molecule has 0 aliphatic heterocycles. The first-order valence-corrected chi connectivity index (χ1v) is 6.81. The molecule has 2 aromatic rings. The molecule has 1 atom stereocenters. The summed E-state index contributed by atoms with van der Waals surface area (Å²) in [5, 5.41) is 3.34. The van der Waals surface area contributed by atoms with Crippen molar-refractivity contribution in [2.75, 3.05) is 12.3 Å². The van der Waals surface area contributed by atoms with Crippen LogP contribution in [0.1, 0.15) is 24.1 Å². The van der Waals surface area contributed by atoms with Gasteiger partial charge in [0.15, 0.2) is 0 Å². The molecule has 0 aliphatic rings. The zero-order valence-corrected chi connectivity index (χ0v) is 12.1. The van der Waals surface area contributed by atoms with Crippen LogP contribution < -0.4 is 11.1 Å². The van der Waals surface area contributed by atoms with E-state index in [1.54, 1.807) is 18.3 Å². The highest BCUT2D eigenvalue weighted by Gasteiger charge is 2.17. The number of nitrogens with one attached hydrogen (secondary N) is 1. The van der Waals surface area contributed by atoms with Crippen molar-refractivity contribution in [2.24, 2.45) is 0 Å². The molecule has 2 rings (SSSR count). The molecule has 0 saturated carbocycles. The SMILES string of the molecule is CCNC(c1ccc(F)c(Br)c1)c1cccnc1N. The Morgan fingerprint density at radius 1 is 1.42 bits per heavy atom. The lowest BCUT2D eigenvalue weighted by atomic mass is 9.99. The lowest BCUT2D eigenvalue weighted by Crippen LogP contribution is -2.23. The van der Waals surface area contributed by atoms with Gasteiger partial charge in [0.25, 0.3) is 0 Å². The van der Waals surface area contributed by atoms with Crippen molar-refractivity contribution in [3.05, 3.63) is 57.9 Å². The molecule has 0 bridgehead atoms. The first kappa shape index (κ1) is 14.0. The summed E-state index contributed by atoms with van der Waals surface area (Å²) in [6.07, 6.45) is 1.66. The molecule has 1 aromatic heterocycles. The minimum Gasteiger partial charge on any atom is -0.383 e. The highest BCUT2D eigenvalue weighted by atomic mass is 79.9. The zero-order chi connectivity index (χ0) is 13.8. The predicted molar refractivity (Wildman–Crippen MR) is 78.3 cm³/mol. The molecule has 100 valence electrons. The Bertz CT molecular complexity index is 574. The van der Waals surface area contributed by atoms with Gasteiger partial charge in [-0.3, -0.25) is 0 Å². The summed E-state index contributed by atoms with van der Waals surface area (Å²) in [4.78, 5) is 4.10. The van der Waals surface area contributed by atoms with Crippen LogP contribution in [0.5, 0.6) is 0 Å². The van der Waals surface area contributed by atoms with Crippen LogP contribution in [-0.4, -0.2) is 11.5 Å². The molecule has 0 saturated heterocycles.